The molecule has 2 aromatic carbocycles. The number of hydrogen-bond donors (Lipinski definition) is 0. The largest absolute Gasteiger partial charge is 0.417 e. The number of rotatable bonds is 4. The standard InChI is InChI=1S/C32H32F3N3O/c1-20-19-37(2)28-16-23(9-10-24(20)28)38-13-11-31(12-14-38)17-21(18-31)15-26-29(36-39-30(26)22-7-8-22)25-5-3-4-6-27(25)32(33,34)35/h3-6,9-10,15-16,19,22H,7-8,11-14,17-18H2,1-2H3. The monoisotopic (exact) mass is 531 g/mol. The van der Waals surface area contributed by atoms with Crippen LogP contribution in [0, 0.1) is 12.3 Å². The molecule has 0 radical (unpaired) electrons. The predicted molar refractivity (Wildman–Crippen MR) is 148 cm³/mol. The van der Waals surface area contributed by atoms with Crippen molar-refractivity contribution in [1.82, 2.24) is 9.72 Å². The minimum absolute atomic E-state index is 0.0974. The van der Waals surface area contributed by atoms with E-state index in [0.717, 1.165) is 69.0 Å². The Morgan fingerprint density at radius 1 is 1.05 bits per heavy atom. The van der Waals surface area contributed by atoms with Crippen LogP contribution >= 0.6 is 0 Å². The van der Waals surface area contributed by atoms with E-state index in [9.17, 15) is 13.2 Å². The first kappa shape index (κ1) is 24.6. The summed E-state index contributed by atoms with van der Waals surface area (Å²) >= 11 is 0. The van der Waals surface area contributed by atoms with E-state index < -0.39 is 11.7 Å². The van der Waals surface area contributed by atoms with E-state index >= 15 is 0 Å². The minimum Gasteiger partial charge on any atom is -0.371 e. The molecule has 4 nitrogen and oxygen atoms in total. The summed E-state index contributed by atoms with van der Waals surface area (Å²) in [6, 6.07) is 12.5. The van der Waals surface area contributed by atoms with Gasteiger partial charge in [-0.25, -0.2) is 0 Å². The smallest absolute Gasteiger partial charge is 0.371 e. The van der Waals surface area contributed by atoms with Crippen molar-refractivity contribution >= 4 is 22.7 Å². The van der Waals surface area contributed by atoms with Gasteiger partial charge >= 0.3 is 6.18 Å². The van der Waals surface area contributed by atoms with Gasteiger partial charge in [0.15, 0.2) is 0 Å². The molecule has 1 spiro atoms. The van der Waals surface area contributed by atoms with Crippen molar-refractivity contribution in [2.24, 2.45) is 12.5 Å². The number of halogens is 3. The van der Waals surface area contributed by atoms with Crippen LogP contribution in [0.5, 0.6) is 0 Å². The van der Waals surface area contributed by atoms with E-state index in [0.29, 0.717) is 5.69 Å². The van der Waals surface area contributed by atoms with Gasteiger partial charge in [-0.15, -0.1) is 0 Å². The minimum atomic E-state index is -4.45. The zero-order chi connectivity index (χ0) is 26.9. The lowest BCUT2D eigenvalue weighted by Gasteiger charge is -2.50. The summed E-state index contributed by atoms with van der Waals surface area (Å²) in [5.74, 6) is 1.01. The summed E-state index contributed by atoms with van der Waals surface area (Å²) in [7, 11) is 2.10. The Morgan fingerprint density at radius 3 is 2.51 bits per heavy atom. The quantitative estimate of drug-likeness (QED) is 0.265. The third-order valence-electron chi connectivity index (χ3n) is 9.11. The highest BCUT2D eigenvalue weighted by Gasteiger charge is 2.44. The average molecular weight is 532 g/mol. The number of piperidine rings is 1. The van der Waals surface area contributed by atoms with Gasteiger partial charge in [0.05, 0.1) is 11.1 Å². The Labute approximate surface area is 226 Å². The van der Waals surface area contributed by atoms with Gasteiger partial charge < -0.3 is 14.0 Å². The van der Waals surface area contributed by atoms with E-state index in [4.69, 9.17) is 4.52 Å². The first-order valence-electron chi connectivity index (χ1n) is 13.9. The van der Waals surface area contributed by atoms with Gasteiger partial charge in [-0.1, -0.05) is 35.0 Å². The summed E-state index contributed by atoms with van der Waals surface area (Å²) in [4.78, 5) is 2.49. The molecule has 202 valence electrons. The number of alkyl halides is 3. The molecule has 2 aromatic heterocycles. The molecular formula is C32H32F3N3O. The van der Waals surface area contributed by atoms with E-state index in [1.807, 2.05) is 0 Å². The third kappa shape index (κ3) is 4.26. The molecule has 0 atom stereocenters. The summed E-state index contributed by atoms with van der Waals surface area (Å²) in [5.41, 5.74) is 5.92. The summed E-state index contributed by atoms with van der Waals surface area (Å²) in [6.45, 7) is 4.19. The maximum absolute atomic E-state index is 13.8. The van der Waals surface area contributed by atoms with Gasteiger partial charge in [-0.2, -0.15) is 13.2 Å². The molecule has 7 rings (SSSR count). The molecule has 3 aliphatic rings. The highest BCUT2D eigenvalue weighted by Crippen LogP contribution is 2.54. The SMILES string of the molecule is Cc1cn(C)c2cc(N3CCC4(CC3)CC(=Cc3c(-c5ccccc5C(F)(F)F)noc3C3CC3)C4)ccc12. The molecular weight excluding hydrogens is 499 g/mol. The van der Waals surface area contributed by atoms with Crippen molar-refractivity contribution in [3.8, 4) is 11.3 Å². The molecule has 0 N–H and O–H groups in total. The Kier molecular flexibility index (Phi) is 5.52. The lowest BCUT2D eigenvalue weighted by Crippen LogP contribution is -2.44. The lowest BCUT2D eigenvalue weighted by atomic mass is 9.60. The molecule has 3 heterocycles. The van der Waals surface area contributed by atoms with E-state index in [2.05, 4.69) is 59.1 Å². The molecule has 0 amide bonds. The fourth-order valence-corrected chi connectivity index (χ4v) is 6.80. The molecule has 0 unspecified atom stereocenters. The van der Waals surface area contributed by atoms with Crippen LogP contribution in [0.1, 0.15) is 66.9 Å². The molecule has 3 fully saturated rings. The van der Waals surface area contributed by atoms with Crippen LogP contribution in [0.15, 0.2) is 58.8 Å². The second-order valence-corrected chi connectivity index (χ2v) is 11.9. The van der Waals surface area contributed by atoms with Crippen LogP contribution in [0.25, 0.3) is 28.2 Å². The Morgan fingerprint density at radius 2 is 1.79 bits per heavy atom. The van der Waals surface area contributed by atoms with Crippen molar-refractivity contribution in [3.05, 3.63) is 76.7 Å². The molecule has 2 saturated carbocycles. The number of anilines is 1. The molecule has 39 heavy (non-hydrogen) atoms. The molecule has 4 aromatic rings. The topological polar surface area (TPSA) is 34.2 Å². The normalized spacial score (nSPS) is 19.1. The second-order valence-electron chi connectivity index (χ2n) is 11.9. The number of aromatic nitrogens is 2. The lowest BCUT2D eigenvalue weighted by molar-refractivity contribution is -0.137. The maximum atomic E-state index is 13.8. The molecule has 2 aliphatic carbocycles. The Hall–Kier alpha value is -3.48. The highest BCUT2D eigenvalue weighted by molar-refractivity contribution is 5.87. The van der Waals surface area contributed by atoms with Gasteiger partial charge in [0.25, 0.3) is 0 Å². The highest BCUT2D eigenvalue weighted by atomic mass is 19.4. The third-order valence-corrected chi connectivity index (χ3v) is 9.11. The van der Waals surface area contributed by atoms with Crippen molar-refractivity contribution in [2.75, 3.05) is 18.0 Å². The Balaban J connectivity index is 1.10. The van der Waals surface area contributed by atoms with Crippen LogP contribution in [0.2, 0.25) is 0 Å². The van der Waals surface area contributed by atoms with Crippen molar-refractivity contribution < 1.29 is 17.7 Å². The summed E-state index contributed by atoms with van der Waals surface area (Å²) in [5, 5.41) is 5.49. The van der Waals surface area contributed by atoms with Crippen LogP contribution in [0.3, 0.4) is 0 Å². The molecule has 1 aliphatic heterocycles. The zero-order valence-corrected chi connectivity index (χ0v) is 22.3. The van der Waals surface area contributed by atoms with Gasteiger partial charge in [-0.05, 0) is 80.7 Å². The molecule has 1 saturated heterocycles. The van der Waals surface area contributed by atoms with Crippen molar-refractivity contribution in [1.29, 1.82) is 0 Å². The van der Waals surface area contributed by atoms with Crippen LogP contribution in [-0.4, -0.2) is 22.8 Å². The van der Waals surface area contributed by atoms with Gasteiger partial charge in [0.1, 0.15) is 11.5 Å². The zero-order valence-electron chi connectivity index (χ0n) is 22.3. The number of allylic oxidation sites excluding steroid dienone is 1. The number of nitrogens with zero attached hydrogens (tertiary/aromatic N) is 3. The first-order chi connectivity index (χ1) is 18.7. The van der Waals surface area contributed by atoms with Gasteiger partial charge in [0, 0.05) is 54.5 Å². The second kappa shape index (κ2) is 8.77. The van der Waals surface area contributed by atoms with Gasteiger partial charge in [-0.3, -0.25) is 0 Å². The number of fused-ring (bicyclic) bond motifs is 1. The van der Waals surface area contributed by atoms with Crippen LogP contribution in [-0.2, 0) is 13.2 Å². The molecule has 0 bridgehead atoms. The number of benzene rings is 2. The van der Waals surface area contributed by atoms with Crippen molar-refractivity contribution in [3.63, 3.8) is 0 Å². The van der Waals surface area contributed by atoms with E-state index in [1.165, 1.54) is 39.9 Å². The van der Waals surface area contributed by atoms with Crippen LogP contribution in [0.4, 0.5) is 18.9 Å². The van der Waals surface area contributed by atoms with E-state index in [-0.39, 0.29) is 16.9 Å². The fraction of sp³-hybridized carbons (Fsp3) is 0.406. The molecule has 7 heteroatoms. The van der Waals surface area contributed by atoms with Gasteiger partial charge in [0.2, 0.25) is 0 Å². The summed E-state index contributed by atoms with van der Waals surface area (Å²) in [6.07, 6.45) is 6.06. The fourth-order valence-electron chi connectivity index (χ4n) is 6.80. The number of aryl methyl sites for hydroxylation is 2. The van der Waals surface area contributed by atoms with Crippen molar-refractivity contribution in [2.45, 2.75) is 57.5 Å². The summed E-state index contributed by atoms with van der Waals surface area (Å²) < 4.78 is 49.3. The average Bonchev–Trinajstić information content (AvgIpc) is 3.60. The van der Waals surface area contributed by atoms with Crippen LogP contribution < -0.4 is 4.90 Å². The Bertz CT molecular complexity index is 1590. The number of hydrogen-bond acceptors (Lipinski definition) is 3. The first-order valence-corrected chi connectivity index (χ1v) is 13.9. The van der Waals surface area contributed by atoms with E-state index in [1.54, 1.807) is 6.07 Å². The predicted octanol–water partition coefficient (Wildman–Crippen LogP) is 8.50. The maximum Gasteiger partial charge on any atom is 0.417 e.